The van der Waals surface area contributed by atoms with Gasteiger partial charge in [0, 0.05) is 23.9 Å². The molecule has 32 atom stereocenters. The molecule has 5 saturated heterocycles. The highest BCUT2D eigenvalue weighted by molar-refractivity contribution is 5.32. The van der Waals surface area contributed by atoms with Gasteiger partial charge in [-0.05, 0) is 106 Å². The lowest BCUT2D eigenvalue weighted by molar-refractivity contribution is -0.383. The first-order valence-corrected chi connectivity index (χ1v) is 30.8. The van der Waals surface area contributed by atoms with Crippen molar-refractivity contribution in [1.82, 2.24) is 0 Å². The molecule has 5 heterocycles. The molecule has 0 aromatic rings. The van der Waals surface area contributed by atoms with Crippen LogP contribution in [0.2, 0.25) is 0 Å². The van der Waals surface area contributed by atoms with Gasteiger partial charge in [0.1, 0.15) is 91.6 Å². The number of hydrogen-bond donors (Lipinski definition) is 16. The summed E-state index contributed by atoms with van der Waals surface area (Å²) in [7, 11) is 0. The van der Waals surface area contributed by atoms with Crippen LogP contribution in [-0.4, -0.2) is 274 Å². The minimum atomic E-state index is -1.96. The van der Waals surface area contributed by atoms with E-state index in [-0.39, 0.29) is 67.0 Å². The molecule has 26 heteroatoms. The Bertz CT molecular complexity index is 2220. The van der Waals surface area contributed by atoms with Crippen molar-refractivity contribution in [1.29, 1.82) is 0 Å². The second-order valence-electron chi connectivity index (χ2n) is 28.0. The van der Waals surface area contributed by atoms with E-state index in [2.05, 4.69) is 47.6 Å². The van der Waals surface area contributed by atoms with Crippen LogP contribution in [0.1, 0.15) is 120 Å². The average Bonchev–Trinajstić information content (AvgIpc) is 1.78. The molecule has 9 rings (SSSR count). The first-order chi connectivity index (χ1) is 39.8. The summed E-state index contributed by atoms with van der Waals surface area (Å²) >= 11 is 0. The van der Waals surface area contributed by atoms with Crippen molar-refractivity contribution in [2.24, 2.45) is 45.3 Å². The average molecular weight is 1230 g/mol. The number of rotatable bonds is 19. The van der Waals surface area contributed by atoms with E-state index in [1.54, 1.807) is 13.8 Å². The van der Waals surface area contributed by atoms with Gasteiger partial charge in [-0.15, -0.1) is 0 Å². The molecule has 4 aliphatic carbocycles. The quantitative estimate of drug-likeness (QED) is 0.0585. The van der Waals surface area contributed by atoms with E-state index in [1.165, 1.54) is 0 Å². The lowest BCUT2D eigenvalue weighted by Crippen LogP contribution is -2.66. The summed E-state index contributed by atoms with van der Waals surface area (Å²) in [5.41, 5.74) is -2.01. The van der Waals surface area contributed by atoms with Crippen LogP contribution in [0.25, 0.3) is 0 Å². The Labute approximate surface area is 496 Å². The molecule has 9 aliphatic rings. The molecule has 0 spiro atoms. The monoisotopic (exact) mass is 1220 g/mol. The molecular weight excluding hydrogens is 1120 g/mol. The second-order valence-corrected chi connectivity index (χ2v) is 28.0. The maximum atomic E-state index is 12.8. The fourth-order valence-electron chi connectivity index (χ4n) is 16.8. The summed E-state index contributed by atoms with van der Waals surface area (Å²) in [6.45, 7) is 14.4. The third kappa shape index (κ3) is 12.7. The van der Waals surface area contributed by atoms with Crippen LogP contribution < -0.4 is 0 Å². The van der Waals surface area contributed by atoms with Gasteiger partial charge in [0.05, 0.1) is 62.5 Å². The fraction of sp³-hybridized carbons (Fsp3) is 0.966. The van der Waals surface area contributed by atoms with Gasteiger partial charge in [-0.25, -0.2) is 0 Å². The molecule has 85 heavy (non-hydrogen) atoms. The molecule has 8 fully saturated rings. The number of ether oxygens (including phenoxy) is 10. The molecule has 0 radical (unpaired) electrons. The molecule has 3 saturated carbocycles. The summed E-state index contributed by atoms with van der Waals surface area (Å²) < 4.78 is 59.6. The Morgan fingerprint density at radius 2 is 1.24 bits per heavy atom. The van der Waals surface area contributed by atoms with Crippen LogP contribution in [0.3, 0.4) is 0 Å². The zero-order valence-corrected chi connectivity index (χ0v) is 50.2. The van der Waals surface area contributed by atoms with Crippen molar-refractivity contribution in [2.45, 2.75) is 279 Å². The molecule has 5 aliphatic heterocycles. The molecule has 0 amide bonds. The molecule has 3 unspecified atom stereocenters. The third-order valence-electron chi connectivity index (χ3n) is 22.2. The highest BCUT2D eigenvalue weighted by atomic mass is 16.8. The van der Waals surface area contributed by atoms with Gasteiger partial charge >= 0.3 is 0 Å². The lowest BCUT2D eigenvalue weighted by atomic mass is 9.38. The van der Waals surface area contributed by atoms with Gasteiger partial charge in [-0.1, -0.05) is 53.2 Å². The van der Waals surface area contributed by atoms with E-state index in [0.717, 1.165) is 18.4 Å². The van der Waals surface area contributed by atoms with Gasteiger partial charge in [-0.3, -0.25) is 0 Å². The highest BCUT2D eigenvalue weighted by Gasteiger charge is 2.70. The standard InChI is InChI=1S/C59H100O26/c1-25(9-13-38(56(4,5)75)83-54-49(39(66)31(64)23-77-54)85-53-47(74)48(42(69)33(21-61)80-53)84-52-46(73)43(70)40(67)32(79-52)16-18-60)27-15-17-57(6)35-12-10-28-29(59(35,8)36(65)20-58(27,57)7)11-14-37(55(28,2)3)82-51-45(72)44(71)41(68)34(81-51)24-78-50-30(63)19-26(62)22-76-50/h10,25-27,29-54,60-75H,9,11-24H2,1-8H3/t25-,26+,27?,29?,30-,31-,32+,33+,34-,35?,36-,37+,38-,39+,40+,41-,42+,43-,44+,45-,46+,47+,48-,49-,50+,51+,52-,53-,54+,57+,58-,59+/m1/s1. The topological polar surface area (TPSA) is 416 Å². The lowest BCUT2D eigenvalue weighted by Gasteiger charge is -2.67. The van der Waals surface area contributed by atoms with Gasteiger partial charge in [0.2, 0.25) is 0 Å². The van der Waals surface area contributed by atoms with E-state index in [0.29, 0.717) is 32.1 Å². The molecule has 0 bridgehead atoms. The molecule has 16 N–H and O–H groups in total. The SMILES string of the molecule is C[C@H](CC[C@@H](O[C@@H]1OC[C@@H](O)[C@H](O)[C@H]1O[C@H]1O[C@@H](CO)[C@H](O)[C@@H](O[C@H]2O[C@@H](CCO)[C@H](O)[C@@H](O)[C@@H]2O)[C@@H]1O)C(C)(C)O)C1CC[C@@]2(C)C3CC=C4C(CC[C@H](O[C@@H]5O[C@H](CO[C@@H]6OC[C@@H](O)C[C@H]6O)[C@@H](O)[C@H](O)[C@H]5O)C4(C)C)[C@]3(C)[C@H](O)C[C@]12C. The number of allylic oxidation sites excluding steroid dienone is 1. The van der Waals surface area contributed by atoms with Gasteiger partial charge in [-0.2, -0.15) is 0 Å². The Hall–Kier alpha value is -1.30. The Kier molecular flexibility index (Phi) is 21.1. The van der Waals surface area contributed by atoms with Gasteiger partial charge in [0.15, 0.2) is 31.5 Å². The maximum Gasteiger partial charge on any atom is 0.187 e. The molecule has 26 nitrogen and oxygen atoms in total. The van der Waals surface area contributed by atoms with Crippen LogP contribution >= 0.6 is 0 Å². The summed E-state index contributed by atoms with van der Waals surface area (Å²) in [5.74, 6) is 0.285. The summed E-state index contributed by atoms with van der Waals surface area (Å²) in [6.07, 6.45) is -28.5. The fourth-order valence-corrected chi connectivity index (χ4v) is 16.8. The summed E-state index contributed by atoms with van der Waals surface area (Å²) in [5, 5.41) is 174. The van der Waals surface area contributed by atoms with Gasteiger partial charge in [0.25, 0.3) is 0 Å². The number of aliphatic hydroxyl groups excluding tert-OH is 15. The maximum absolute atomic E-state index is 12.8. The first-order valence-electron chi connectivity index (χ1n) is 30.8. The van der Waals surface area contributed by atoms with Crippen molar-refractivity contribution in [2.75, 3.05) is 33.0 Å². The normalized spacial score (nSPS) is 51.0. The van der Waals surface area contributed by atoms with Crippen LogP contribution in [-0.2, 0) is 47.4 Å². The van der Waals surface area contributed by atoms with Crippen LogP contribution in [0.4, 0.5) is 0 Å². The smallest absolute Gasteiger partial charge is 0.187 e. The van der Waals surface area contributed by atoms with Crippen LogP contribution in [0, 0.1) is 45.3 Å². The largest absolute Gasteiger partial charge is 0.396 e. The summed E-state index contributed by atoms with van der Waals surface area (Å²) in [4.78, 5) is 0. The minimum Gasteiger partial charge on any atom is -0.396 e. The molecule has 0 aromatic carbocycles. The zero-order valence-electron chi connectivity index (χ0n) is 50.2. The highest BCUT2D eigenvalue weighted by Crippen LogP contribution is 2.75. The van der Waals surface area contributed by atoms with Crippen molar-refractivity contribution < 1.29 is 129 Å². The number of hydrogen-bond acceptors (Lipinski definition) is 26. The second kappa shape index (κ2) is 26.4. The predicted octanol–water partition coefficient (Wildman–Crippen LogP) is -2.71. The molecule has 0 aromatic heterocycles. The van der Waals surface area contributed by atoms with Crippen LogP contribution in [0.5, 0.6) is 0 Å². The van der Waals surface area contributed by atoms with Crippen molar-refractivity contribution in [3.8, 4) is 0 Å². The van der Waals surface area contributed by atoms with E-state index in [4.69, 9.17) is 47.4 Å². The first kappa shape index (κ1) is 68.1. The van der Waals surface area contributed by atoms with E-state index in [9.17, 15) is 81.7 Å². The third-order valence-corrected chi connectivity index (χ3v) is 22.2. The predicted molar refractivity (Wildman–Crippen MR) is 291 cm³/mol. The Morgan fingerprint density at radius 3 is 1.88 bits per heavy atom. The summed E-state index contributed by atoms with van der Waals surface area (Å²) in [6, 6.07) is 0. The van der Waals surface area contributed by atoms with E-state index < -0.39 is 190 Å². The molecular formula is C59H100O26. The number of fused-ring (bicyclic) bond motifs is 5. The number of aliphatic hydroxyl groups is 16. The Balaban J connectivity index is 0.854. The minimum absolute atomic E-state index is 0.00774. The van der Waals surface area contributed by atoms with E-state index >= 15 is 0 Å². The van der Waals surface area contributed by atoms with Crippen molar-refractivity contribution in [3.63, 3.8) is 0 Å². The van der Waals surface area contributed by atoms with Gasteiger partial charge < -0.3 is 129 Å². The zero-order chi connectivity index (χ0) is 62.2. The van der Waals surface area contributed by atoms with Crippen molar-refractivity contribution >= 4 is 0 Å². The van der Waals surface area contributed by atoms with Crippen LogP contribution in [0.15, 0.2) is 11.6 Å². The van der Waals surface area contributed by atoms with Crippen molar-refractivity contribution in [3.05, 3.63) is 11.6 Å². The Morgan fingerprint density at radius 1 is 0.624 bits per heavy atom. The van der Waals surface area contributed by atoms with E-state index in [1.807, 2.05) is 0 Å². The molecule has 492 valence electrons.